The second kappa shape index (κ2) is 3.87. The molecule has 78 valence electrons. The molecule has 16 heavy (non-hydrogen) atoms. The Bertz CT molecular complexity index is 581. The van der Waals surface area contributed by atoms with E-state index in [0.29, 0.717) is 11.3 Å². The first kappa shape index (κ1) is 9.93. The third-order valence-electron chi connectivity index (χ3n) is 2.10. The first-order chi connectivity index (χ1) is 7.72. The summed E-state index contributed by atoms with van der Waals surface area (Å²) in [6, 6.07) is 8.95. The van der Waals surface area contributed by atoms with Crippen LogP contribution in [0.5, 0.6) is 0 Å². The van der Waals surface area contributed by atoms with E-state index < -0.39 is 5.97 Å². The van der Waals surface area contributed by atoms with E-state index >= 15 is 0 Å². The van der Waals surface area contributed by atoms with E-state index in [0.717, 1.165) is 0 Å². The molecule has 1 heterocycles. The Labute approximate surface area is 91.2 Å². The van der Waals surface area contributed by atoms with Crippen LogP contribution in [0, 0.1) is 11.3 Å². The van der Waals surface area contributed by atoms with Crippen LogP contribution in [0.3, 0.4) is 0 Å². The van der Waals surface area contributed by atoms with Crippen molar-refractivity contribution in [2.24, 2.45) is 0 Å². The van der Waals surface area contributed by atoms with Crippen LogP contribution in [0.2, 0.25) is 0 Å². The van der Waals surface area contributed by atoms with Crippen LogP contribution in [-0.2, 0) is 0 Å². The SMILES string of the molecule is N#Cc1ccccc1-n1cnc(C(=O)O)c1. The van der Waals surface area contributed by atoms with Gasteiger partial charge in [0.15, 0.2) is 5.69 Å². The van der Waals surface area contributed by atoms with Crippen LogP contribution in [0.4, 0.5) is 0 Å². The molecule has 1 N–H and O–H groups in total. The van der Waals surface area contributed by atoms with Crippen LogP contribution < -0.4 is 0 Å². The summed E-state index contributed by atoms with van der Waals surface area (Å²) in [6.07, 6.45) is 2.75. The van der Waals surface area contributed by atoms with Gasteiger partial charge in [-0.15, -0.1) is 0 Å². The van der Waals surface area contributed by atoms with Crippen molar-refractivity contribution in [2.75, 3.05) is 0 Å². The number of nitrogens with zero attached hydrogens (tertiary/aromatic N) is 3. The molecular formula is C11H7N3O2. The maximum Gasteiger partial charge on any atom is 0.356 e. The average Bonchev–Trinajstić information content (AvgIpc) is 2.78. The van der Waals surface area contributed by atoms with Gasteiger partial charge in [0, 0.05) is 6.20 Å². The first-order valence-corrected chi connectivity index (χ1v) is 4.49. The molecule has 0 aliphatic heterocycles. The van der Waals surface area contributed by atoms with Crippen molar-refractivity contribution < 1.29 is 9.90 Å². The number of hydrogen-bond acceptors (Lipinski definition) is 3. The molecule has 0 bridgehead atoms. The van der Waals surface area contributed by atoms with Gasteiger partial charge < -0.3 is 9.67 Å². The van der Waals surface area contributed by atoms with Crippen molar-refractivity contribution >= 4 is 5.97 Å². The third kappa shape index (κ3) is 1.64. The monoisotopic (exact) mass is 213 g/mol. The molecule has 1 aromatic carbocycles. The molecule has 2 aromatic rings. The summed E-state index contributed by atoms with van der Waals surface area (Å²) < 4.78 is 1.52. The van der Waals surface area contributed by atoms with Gasteiger partial charge >= 0.3 is 5.97 Å². The van der Waals surface area contributed by atoms with Crippen molar-refractivity contribution in [1.82, 2.24) is 9.55 Å². The van der Waals surface area contributed by atoms with Crippen molar-refractivity contribution in [2.45, 2.75) is 0 Å². The Morgan fingerprint density at radius 2 is 2.19 bits per heavy atom. The zero-order chi connectivity index (χ0) is 11.5. The van der Waals surface area contributed by atoms with Crippen LogP contribution in [0.15, 0.2) is 36.8 Å². The van der Waals surface area contributed by atoms with Crippen molar-refractivity contribution in [3.05, 3.63) is 48.0 Å². The van der Waals surface area contributed by atoms with Gasteiger partial charge in [-0.2, -0.15) is 5.26 Å². The second-order valence-corrected chi connectivity index (χ2v) is 3.10. The highest BCUT2D eigenvalue weighted by Crippen LogP contribution is 2.13. The van der Waals surface area contributed by atoms with Gasteiger partial charge in [-0.1, -0.05) is 12.1 Å². The number of benzene rings is 1. The second-order valence-electron chi connectivity index (χ2n) is 3.10. The molecule has 0 radical (unpaired) electrons. The summed E-state index contributed by atoms with van der Waals surface area (Å²) in [5.41, 5.74) is 1.04. The maximum atomic E-state index is 10.7. The quantitative estimate of drug-likeness (QED) is 0.818. The molecule has 5 nitrogen and oxygen atoms in total. The number of para-hydroxylation sites is 1. The Morgan fingerprint density at radius 1 is 1.44 bits per heavy atom. The lowest BCUT2D eigenvalue weighted by atomic mass is 10.2. The fourth-order valence-corrected chi connectivity index (χ4v) is 1.36. The Kier molecular flexibility index (Phi) is 2.40. The zero-order valence-electron chi connectivity index (χ0n) is 8.16. The van der Waals surface area contributed by atoms with Crippen LogP contribution in [0.25, 0.3) is 5.69 Å². The first-order valence-electron chi connectivity index (χ1n) is 4.49. The lowest BCUT2D eigenvalue weighted by Gasteiger charge is -2.02. The summed E-state index contributed by atoms with van der Waals surface area (Å²) in [5.74, 6) is -1.09. The van der Waals surface area contributed by atoms with Crippen LogP contribution in [0.1, 0.15) is 16.1 Å². The minimum absolute atomic E-state index is 0.0484. The Balaban J connectivity index is 2.51. The van der Waals surface area contributed by atoms with E-state index in [-0.39, 0.29) is 5.69 Å². The van der Waals surface area contributed by atoms with Gasteiger partial charge in [-0.05, 0) is 12.1 Å². The normalized spacial score (nSPS) is 9.69. The molecule has 0 amide bonds. The van der Waals surface area contributed by atoms with Gasteiger partial charge in [-0.3, -0.25) is 0 Å². The molecule has 5 heteroatoms. The van der Waals surface area contributed by atoms with E-state index in [9.17, 15) is 4.79 Å². The highest BCUT2D eigenvalue weighted by atomic mass is 16.4. The number of aromatic carboxylic acids is 1. The largest absolute Gasteiger partial charge is 0.476 e. The molecule has 0 aliphatic rings. The minimum Gasteiger partial charge on any atom is -0.476 e. The average molecular weight is 213 g/mol. The number of nitriles is 1. The fraction of sp³-hybridized carbons (Fsp3) is 0. The lowest BCUT2D eigenvalue weighted by molar-refractivity contribution is 0.0691. The van der Waals surface area contributed by atoms with Gasteiger partial charge in [0.25, 0.3) is 0 Å². The van der Waals surface area contributed by atoms with Gasteiger partial charge in [0.2, 0.25) is 0 Å². The van der Waals surface area contributed by atoms with Gasteiger partial charge in [0.05, 0.1) is 11.3 Å². The Morgan fingerprint density at radius 3 is 2.81 bits per heavy atom. The van der Waals surface area contributed by atoms with Gasteiger partial charge in [-0.25, -0.2) is 9.78 Å². The lowest BCUT2D eigenvalue weighted by Crippen LogP contribution is -1.96. The molecule has 0 saturated heterocycles. The molecule has 0 saturated carbocycles. The van der Waals surface area contributed by atoms with E-state index in [4.69, 9.17) is 10.4 Å². The van der Waals surface area contributed by atoms with Crippen LogP contribution >= 0.6 is 0 Å². The minimum atomic E-state index is -1.09. The third-order valence-corrected chi connectivity index (χ3v) is 2.10. The topological polar surface area (TPSA) is 78.9 Å². The molecule has 0 fully saturated rings. The van der Waals surface area contributed by atoms with E-state index in [1.54, 1.807) is 24.3 Å². The predicted molar refractivity (Wildman–Crippen MR) is 55.2 cm³/mol. The molecule has 0 aliphatic carbocycles. The van der Waals surface area contributed by atoms with E-state index in [2.05, 4.69) is 4.98 Å². The summed E-state index contributed by atoms with van der Waals surface area (Å²) in [5, 5.41) is 17.6. The number of carboxylic acid groups (broad SMARTS) is 1. The number of carboxylic acids is 1. The van der Waals surface area contributed by atoms with E-state index in [1.807, 2.05) is 6.07 Å². The van der Waals surface area contributed by atoms with E-state index in [1.165, 1.54) is 17.1 Å². The smallest absolute Gasteiger partial charge is 0.356 e. The summed E-state index contributed by atoms with van der Waals surface area (Å²) in [7, 11) is 0. The molecule has 0 unspecified atom stereocenters. The molecule has 0 spiro atoms. The molecule has 1 aromatic heterocycles. The number of carbonyl (C=O) groups is 1. The van der Waals surface area contributed by atoms with Crippen molar-refractivity contribution in [1.29, 1.82) is 5.26 Å². The zero-order valence-corrected chi connectivity index (χ0v) is 8.16. The number of rotatable bonds is 2. The predicted octanol–water partition coefficient (Wildman–Crippen LogP) is 1.44. The highest BCUT2D eigenvalue weighted by Gasteiger charge is 2.09. The summed E-state index contributed by atoms with van der Waals surface area (Å²) in [6.45, 7) is 0. The number of aromatic nitrogens is 2. The highest BCUT2D eigenvalue weighted by molar-refractivity contribution is 5.85. The molecular weight excluding hydrogens is 206 g/mol. The fourth-order valence-electron chi connectivity index (χ4n) is 1.36. The summed E-state index contributed by atoms with van der Waals surface area (Å²) in [4.78, 5) is 14.4. The Hall–Kier alpha value is -2.61. The molecule has 0 atom stereocenters. The van der Waals surface area contributed by atoms with Crippen molar-refractivity contribution in [3.63, 3.8) is 0 Å². The summed E-state index contributed by atoms with van der Waals surface area (Å²) >= 11 is 0. The standard InChI is InChI=1S/C11H7N3O2/c12-5-8-3-1-2-4-10(8)14-6-9(11(15)16)13-7-14/h1-4,6-7H,(H,15,16). The van der Waals surface area contributed by atoms with Crippen LogP contribution in [-0.4, -0.2) is 20.6 Å². The van der Waals surface area contributed by atoms with Crippen molar-refractivity contribution in [3.8, 4) is 11.8 Å². The molecule has 2 rings (SSSR count). The van der Waals surface area contributed by atoms with Gasteiger partial charge in [0.1, 0.15) is 12.4 Å². The number of hydrogen-bond donors (Lipinski definition) is 1. The maximum absolute atomic E-state index is 10.7. The number of imidazole rings is 1.